The summed E-state index contributed by atoms with van der Waals surface area (Å²) in [7, 11) is -2.18. The van der Waals surface area contributed by atoms with E-state index in [1.165, 1.54) is 24.3 Å². The normalized spacial score (nSPS) is 17.9. The molecule has 1 atom stereocenters. The van der Waals surface area contributed by atoms with Gasteiger partial charge in [-0.15, -0.1) is 0 Å². The number of amides is 2. The van der Waals surface area contributed by atoms with Gasteiger partial charge in [0.15, 0.2) is 0 Å². The number of anilines is 1. The summed E-state index contributed by atoms with van der Waals surface area (Å²) in [5.41, 5.74) is 6.15. The summed E-state index contributed by atoms with van der Waals surface area (Å²) < 4.78 is 29.3. The quantitative estimate of drug-likeness (QED) is 0.758. The maximum absolute atomic E-state index is 12.8. The molecule has 1 fully saturated rings. The fraction of sp³-hybridized carbons (Fsp3) is 0.353. The minimum absolute atomic E-state index is 0.0335. The molecule has 2 amide bonds. The Morgan fingerprint density at radius 1 is 1.30 bits per heavy atom. The third kappa shape index (κ3) is 3.86. The molecule has 1 aliphatic rings. The lowest BCUT2D eigenvalue weighted by molar-refractivity contribution is -0.121. The Bertz CT molecular complexity index is 981. The maximum Gasteiger partial charge on any atom is 0.248 e. The van der Waals surface area contributed by atoms with Gasteiger partial charge in [0.1, 0.15) is 11.9 Å². The van der Waals surface area contributed by atoms with Crippen molar-refractivity contribution >= 4 is 27.7 Å². The van der Waals surface area contributed by atoms with Crippen molar-refractivity contribution in [1.29, 1.82) is 0 Å². The first kappa shape index (κ1) is 19.1. The van der Waals surface area contributed by atoms with E-state index in [0.717, 1.165) is 5.69 Å². The molecule has 1 saturated heterocycles. The van der Waals surface area contributed by atoms with Crippen molar-refractivity contribution in [2.45, 2.75) is 30.7 Å². The number of carbonyl (C=O) groups is 2. The van der Waals surface area contributed by atoms with Crippen LogP contribution in [-0.2, 0) is 21.9 Å². The predicted molar refractivity (Wildman–Crippen MR) is 98.6 cm³/mol. The first-order valence-corrected chi connectivity index (χ1v) is 9.91. The number of aryl methyl sites for hydroxylation is 2. The zero-order valence-electron chi connectivity index (χ0n) is 15.0. The molecular weight excluding hydrogens is 370 g/mol. The molecule has 1 aromatic heterocycles. The molecule has 0 aliphatic carbocycles. The molecule has 27 heavy (non-hydrogen) atoms. The topological polar surface area (TPSA) is 127 Å². The largest absolute Gasteiger partial charge is 0.366 e. The molecule has 3 N–H and O–H groups in total. The SMILES string of the molecule is Cc1cc(N2CCC[C@@H](NS(=O)(=O)c3ccc(C(N)=O)cc3)C2=O)n(C)n1. The van der Waals surface area contributed by atoms with Crippen LogP contribution in [0.4, 0.5) is 5.82 Å². The summed E-state index contributed by atoms with van der Waals surface area (Å²) in [6.07, 6.45) is 1.06. The molecule has 1 aromatic carbocycles. The second kappa shape index (κ2) is 7.12. The number of hydrogen-bond donors (Lipinski definition) is 2. The van der Waals surface area contributed by atoms with Gasteiger partial charge in [-0.3, -0.25) is 19.2 Å². The number of carbonyl (C=O) groups excluding carboxylic acids is 2. The molecule has 2 aromatic rings. The van der Waals surface area contributed by atoms with Crippen LogP contribution >= 0.6 is 0 Å². The van der Waals surface area contributed by atoms with Crippen LogP contribution in [0.5, 0.6) is 0 Å². The number of primary amides is 1. The zero-order valence-corrected chi connectivity index (χ0v) is 15.9. The Balaban J connectivity index is 1.80. The van der Waals surface area contributed by atoms with E-state index in [9.17, 15) is 18.0 Å². The van der Waals surface area contributed by atoms with E-state index in [-0.39, 0.29) is 16.4 Å². The fourth-order valence-corrected chi connectivity index (χ4v) is 4.34. The van der Waals surface area contributed by atoms with E-state index < -0.39 is 22.0 Å². The maximum atomic E-state index is 12.8. The van der Waals surface area contributed by atoms with Crippen LogP contribution in [0.3, 0.4) is 0 Å². The van der Waals surface area contributed by atoms with E-state index in [1.807, 2.05) is 6.92 Å². The summed E-state index contributed by atoms with van der Waals surface area (Å²) in [6.45, 7) is 2.33. The van der Waals surface area contributed by atoms with Gasteiger partial charge in [-0.1, -0.05) is 0 Å². The zero-order chi connectivity index (χ0) is 19.8. The van der Waals surface area contributed by atoms with Crippen LogP contribution < -0.4 is 15.4 Å². The second-order valence-electron chi connectivity index (χ2n) is 6.46. The molecule has 3 rings (SSSR count). The Kier molecular flexibility index (Phi) is 5.03. The molecule has 144 valence electrons. The van der Waals surface area contributed by atoms with Gasteiger partial charge in [0.2, 0.25) is 21.8 Å². The highest BCUT2D eigenvalue weighted by molar-refractivity contribution is 7.89. The van der Waals surface area contributed by atoms with Gasteiger partial charge >= 0.3 is 0 Å². The van der Waals surface area contributed by atoms with Gasteiger partial charge in [-0.25, -0.2) is 8.42 Å². The second-order valence-corrected chi connectivity index (χ2v) is 8.18. The first-order valence-electron chi connectivity index (χ1n) is 8.43. The highest BCUT2D eigenvalue weighted by Crippen LogP contribution is 2.23. The molecule has 0 radical (unpaired) electrons. The minimum atomic E-state index is -3.92. The van der Waals surface area contributed by atoms with Gasteiger partial charge < -0.3 is 5.73 Å². The van der Waals surface area contributed by atoms with E-state index >= 15 is 0 Å². The van der Waals surface area contributed by atoms with Crippen molar-refractivity contribution in [3.63, 3.8) is 0 Å². The average molecular weight is 391 g/mol. The van der Waals surface area contributed by atoms with Crippen LogP contribution in [0.1, 0.15) is 28.9 Å². The summed E-state index contributed by atoms with van der Waals surface area (Å²) in [5.74, 6) is -0.328. The lowest BCUT2D eigenvalue weighted by atomic mass is 10.1. The molecular formula is C17H21N5O4S. The molecule has 0 spiro atoms. The Morgan fingerprint density at radius 2 is 1.96 bits per heavy atom. The number of nitrogens with zero attached hydrogens (tertiary/aromatic N) is 3. The van der Waals surface area contributed by atoms with Gasteiger partial charge in [-0.05, 0) is 44.0 Å². The van der Waals surface area contributed by atoms with Crippen LogP contribution in [0.2, 0.25) is 0 Å². The van der Waals surface area contributed by atoms with Gasteiger partial charge in [0.25, 0.3) is 0 Å². The fourth-order valence-electron chi connectivity index (χ4n) is 3.12. The van der Waals surface area contributed by atoms with Crippen LogP contribution in [0.15, 0.2) is 35.2 Å². The van der Waals surface area contributed by atoms with Crippen molar-refractivity contribution in [3.05, 3.63) is 41.6 Å². The van der Waals surface area contributed by atoms with Gasteiger partial charge in [0.05, 0.1) is 10.6 Å². The molecule has 0 saturated carbocycles. The van der Waals surface area contributed by atoms with E-state index in [0.29, 0.717) is 25.2 Å². The highest BCUT2D eigenvalue weighted by atomic mass is 32.2. The molecule has 0 bridgehead atoms. The van der Waals surface area contributed by atoms with Crippen molar-refractivity contribution in [3.8, 4) is 0 Å². The molecule has 0 unspecified atom stereocenters. The van der Waals surface area contributed by atoms with E-state index in [4.69, 9.17) is 5.73 Å². The predicted octanol–water partition coefficient (Wildman–Crippen LogP) is 0.301. The number of sulfonamides is 1. The lowest BCUT2D eigenvalue weighted by Crippen LogP contribution is -2.52. The van der Waals surface area contributed by atoms with Gasteiger partial charge in [0, 0.05) is 25.2 Å². The van der Waals surface area contributed by atoms with Crippen molar-refractivity contribution < 1.29 is 18.0 Å². The summed E-state index contributed by atoms with van der Waals surface area (Å²) in [6, 6.07) is 6.18. The minimum Gasteiger partial charge on any atom is -0.366 e. The first-order chi connectivity index (χ1) is 12.7. The summed E-state index contributed by atoms with van der Waals surface area (Å²) >= 11 is 0. The number of nitrogens with two attached hydrogens (primary N) is 1. The highest BCUT2D eigenvalue weighted by Gasteiger charge is 2.34. The Morgan fingerprint density at radius 3 is 2.52 bits per heavy atom. The third-order valence-electron chi connectivity index (χ3n) is 4.44. The van der Waals surface area contributed by atoms with E-state index in [1.54, 1.807) is 22.7 Å². The van der Waals surface area contributed by atoms with Gasteiger partial charge in [-0.2, -0.15) is 9.82 Å². The molecule has 2 heterocycles. The number of rotatable bonds is 5. The molecule has 10 heteroatoms. The van der Waals surface area contributed by atoms with Crippen molar-refractivity contribution in [2.75, 3.05) is 11.4 Å². The van der Waals surface area contributed by atoms with Crippen LogP contribution in [-0.4, -0.2) is 42.6 Å². The van der Waals surface area contributed by atoms with E-state index in [2.05, 4.69) is 9.82 Å². The standard InChI is InChI=1S/C17H21N5O4S/c1-11-10-15(21(2)19-11)22-9-3-4-14(17(22)24)20-27(25,26)13-7-5-12(6-8-13)16(18)23/h5-8,10,14,20H,3-4,9H2,1-2H3,(H2,18,23)/t14-/m1/s1. The number of nitrogens with one attached hydrogen (secondary N) is 1. The lowest BCUT2D eigenvalue weighted by Gasteiger charge is -2.32. The number of piperidine rings is 1. The smallest absolute Gasteiger partial charge is 0.248 e. The molecule has 9 nitrogen and oxygen atoms in total. The Hall–Kier alpha value is -2.72. The third-order valence-corrected chi connectivity index (χ3v) is 5.93. The monoisotopic (exact) mass is 391 g/mol. The number of aromatic nitrogens is 2. The Labute approximate surface area is 157 Å². The van der Waals surface area contributed by atoms with Crippen LogP contribution in [0.25, 0.3) is 0 Å². The number of benzene rings is 1. The van der Waals surface area contributed by atoms with Crippen molar-refractivity contribution in [2.24, 2.45) is 12.8 Å². The molecule has 1 aliphatic heterocycles. The number of hydrogen-bond acceptors (Lipinski definition) is 5. The van der Waals surface area contributed by atoms with Crippen molar-refractivity contribution in [1.82, 2.24) is 14.5 Å². The summed E-state index contributed by atoms with van der Waals surface area (Å²) in [5, 5.41) is 4.24. The van der Waals surface area contributed by atoms with Crippen LogP contribution in [0, 0.1) is 6.92 Å². The summed E-state index contributed by atoms with van der Waals surface area (Å²) in [4.78, 5) is 25.5. The average Bonchev–Trinajstić information content (AvgIpc) is 2.95.